The first-order valence-electron chi connectivity index (χ1n) is 27.5. The highest BCUT2D eigenvalue weighted by Crippen LogP contribution is 2.16. The molecule has 6 nitrogen and oxygen atoms in total. The molecule has 0 aliphatic heterocycles. The van der Waals surface area contributed by atoms with Gasteiger partial charge in [0.05, 0.1) is 0 Å². The molecule has 0 saturated carbocycles. The van der Waals surface area contributed by atoms with Crippen LogP contribution in [0.15, 0.2) is 36.5 Å². The van der Waals surface area contributed by atoms with Gasteiger partial charge in [0.15, 0.2) is 6.10 Å². The second-order valence-corrected chi connectivity index (χ2v) is 18.5. The Hall–Kier alpha value is -2.37. The Morgan fingerprint density at radius 2 is 0.587 bits per heavy atom. The third-order valence-corrected chi connectivity index (χ3v) is 12.1. The van der Waals surface area contributed by atoms with Gasteiger partial charge in [-0.2, -0.15) is 0 Å². The third kappa shape index (κ3) is 50.5. The molecule has 0 saturated heterocycles. The molecule has 0 bridgehead atoms. The van der Waals surface area contributed by atoms with Gasteiger partial charge in [-0.25, -0.2) is 0 Å². The lowest BCUT2D eigenvalue weighted by molar-refractivity contribution is -0.167. The normalized spacial score (nSPS) is 12.2. The lowest BCUT2D eigenvalue weighted by atomic mass is 10.0. The molecule has 0 aliphatic rings. The largest absolute Gasteiger partial charge is 0.462 e. The third-order valence-electron chi connectivity index (χ3n) is 12.1. The summed E-state index contributed by atoms with van der Waals surface area (Å²) in [4.78, 5) is 38.0. The summed E-state index contributed by atoms with van der Waals surface area (Å²) < 4.78 is 16.8. The van der Waals surface area contributed by atoms with Gasteiger partial charge in [0.25, 0.3) is 0 Å². The fourth-order valence-corrected chi connectivity index (χ4v) is 7.93. The highest BCUT2D eigenvalue weighted by Gasteiger charge is 2.19. The molecule has 0 aliphatic carbocycles. The van der Waals surface area contributed by atoms with E-state index in [0.29, 0.717) is 19.3 Å². The number of carbonyl (C=O) groups excluding carboxylic acids is 3. The second kappa shape index (κ2) is 52.3. The lowest BCUT2D eigenvalue weighted by Crippen LogP contribution is -2.30. The van der Waals surface area contributed by atoms with Gasteiger partial charge in [-0.3, -0.25) is 14.4 Å². The zero-order chi connectivity index (χ0) is 45.8. The molecule has 63 heavy (non-hydrogen) atoms. The van der Waals surface area contributed by atoms with Crippen LogP contribution in [0.2, 0.25) is 0 Å². The summed E-state index contributed by atoms with van der Waals surface area (Å²) in [6.45, 7) is 6.61. The number of ether oxygens (including phenoxy) is 3. The smallest absolute Gasteiger partial charge is 0.306 e. The monoisotopic (exact) mass is 885 g/mol. The molecule has 0 aromatic heterocycles. The Morgan fingerprint density at radius 3 is 0.937 bits per heavy atom. The van der Waals surface area contributed by atoms with Gasteiger partial charge in [-0.1, -0.05) is 237 Å². The van der Waals surface area contributed by atoms with Gasteiger partial charge in [-0.05, 0) is 70.6 Å². The first-order valence-corrected chi connectivity index (χ1v) is 27.5. The van der Waals surface area contributed by atoms with Crippen molar-refractivity contribution in [1.82, 2.24) is 0 Å². The molecule has 0 amide bonds. The lowest BCUT2D eigenvalue weighted by Gasteiger charge is -2.18. The number of hydrogen-bond acceptors (Lipinski definition) is 6. The first-order chi connectivity index (χ1) is 31.0. The summed E-state index contributed by atoms with van der Waals surface area (Å²) in [6, 6.07) is 0. The van der Waals surface area contributed by atoms with Gasteiger partial charge >= 0.3 is 17.9 Å². The maximum absolute atomic E-state index is 12.8. The van der Waals surface area contributed by atoms with E-state index in [0.717, 1.165) is 83.5 Å². The topological polar surface area (TPSA) is 78.9 Å². The molecular formula is C57H104O6. The van der Waals surface area contributed by atoms with E-state index < -0.39 is 6.10 Å². The predicted molar refractivity (Wildman–Crippen MR) is 270 cm³/mol. The maximum Gasteiger partial charge on any atom is 0.306 e. The zero-order valence-corrected chi connectivity index (χ0v) is 42.1. The van der Waals surface area contributed by atoms with Gasteiger partial charge < -0.3 is 14.2 Å². The average molecular weight is 885 g/mol. The van der Waals surface area contributed by atoms with Crippen molar-refractivity contribution < 1.29 is 28.6 Å². The van der Waals surface area contributed by atoms with E-state index in [2.05, 4.69) is 57.2 Å². The summed E-state index contributed by atoms with van der Waals surface area (Å²) >= 11 is 0. The van der Waals surface area contributed by atoms with E-state index in [1.807, 2.05) is 0 Å². The predicted octanol–water partition coefficient (Wildman–Crippen LogP) is 18.1. The summed E-state index contributed by atoms with van der Waals surface area (Å²) in [7, 11) is 0. The van der Waals surface area contributed by atoms with Gasteiger partial charge in [0, 0.05) is 19.3 Å². The van der Waals surface area contributed by atoms with E-state index in [9.17, 15) is 14.4 Å². The average Bonchev–Trinajstić information content (AvgIpc) is 3.28. The van der Waals surface area contributed by atoms with Crippen molar-refractivity contribution in [2.45, 2.75) is 297 Å². The Morgan fingerprint density at radius 1 is 0.317 bits per heavy atom. The van der Waals surface area contributed by atoms with Crippen molar-refractivity contribution in [3.05, 3.63) is 36.5 Å². The summed E-state index contributed by atoms with van der Waals surface area (Å²) in [6.07, 6.45) is 61.2. The van der Waals surface area contributed by atoms with Crippen LogP contribution in [-0.4, -0.2) is 37.2 Å². The van der Waals surface area contributed by atoms with Gasteiger partial charge in [0.1, 0.15) is 13.2 Å². The van der Waals surface area contributed by atoms with Crippen molar-refractivity contribution in [2.24, 2.45) is 0 Å². The number of esters is 3. The molecule has 0 N–H and O–H groups in total. The Labute approximate surface area is 391 Å². The zero-order valence-electron chi connectivity index (χ0n) is 42.1. The highest BCUT2D eigenvalue weighted by atomic mass is 16.6. The van der Waals surface area contributed by atoms with E-state index in [-0.39, 0.29) is 31.1 Å². The SMILES string of the molecule is CCCC/C=C\C/C=C\CCCCCCCC(=O)OC[C@H](COC(=O)CCCCCCC/C=C\CCCCCCCCC)OC(=O)CCCCCCCCCCCCCCCCC. The highest BCUT2D eigenvalue weighted by molar-refractivity contribution is 5.71. The van der Waals surface area contributed by atoms with Gasteiger partial charge in [-0.15, -0.1) is 0 Å². The van der Waals surface area contributed by atoms with Crippen LogP contribution in [0.3, 0.4) is 0 Å². The Bertz CT molecular complexity index is 1060. The maximum atomic E-state index is 12.8. The molecule has 0 spiro atoms. The molecule has 0 fully saturated rings. The minimum absolute atomic E-state index is 0.0779. The molecule has 0 aromatic carbocycles. The van der Waals surface area contributed by atoms with E-state index in [1.165, 1.54) is 167 Å². The first kappa shape index (κ1) is 60.6. The molecule has 0 heterocycles. The molecule has 0 radical (unpaired) electrons. The van der Waals surface area contributed by atoms with Crippen molar-refractivity contribution in [1.29, 1.82) is 0 Å². The van der Waals surface area contributed by atoms with Crippen LogP contribution >= 0.6 is 0 Å². The Kier molecular flexibility index (Phi) is 50.3. The van der Waals surface area contributed by atoms with Crippen LogP contribution < -0.4 is 0 Å². The van der Waals surface area contributed by atoms with E-state index >= 15 is 0 Å². The Balaban J connectivity index is 4.37. The van der Waals surface area contributed by atoms with Crippen LogP contribution in [0.5, 0.6) is 0 Å². The summed E-state index contributed by atoms with van der Waals surface area (Å²) in [5.74, 6) is -0.885. The second-order valence-electron chi connectivity index (χ2n) is 18.5. The van der Waals surface area contributed by atoms with Gasteiger partial charge in [0.2, 0.25) is 0 Å². The molecular weight excluding hydrogens is 781 g/mol. The van der Waals surface area contributed by atoms with Crippen LogP contribution in [0.25, 0.3) is 0 Å². The fraction of sp³-hybridized carbons (Fsp3) is 0.842. The number of unbranched alkanes of at least 4 members (excludes halogenated alkanes) is 33. The number of allylic oxidation sites excluding steroid dienone is 6. The van der Waals surface area contributed by atoms with Crippen LogP contribution in [0.4, 0.5) is 0 Å². The van der Waals surface area contributed by atoms with Crippen molar-refractivity contribution >= 4 is 17.9 Å². The number of rotatable bonds is 50. The number of carbonyl (C=O) groups is 3. The summed E-state index contributed by atoms with van der Waals surface area (Å²) in [5, 5.41) is 0. The minimum atomic E-state index is -0.777. The number of hydrogen-bond donors (Lipinski definition) is 0. The fourth-order valence-electron chi connectivity index (χ4n) is 7.93. The molecule has 368 valence electrons. The molecule has 0 rings (SSSR count). The van der Waals surface area contributed by atoms with Crippen molar-refractivity contribution in [3.8, 4) is 0 Å². The van der Waals surface area contributed by atoms with E-state index in [4.69, 9.17) is 14.2 Å². The van der Waals surface area contributed by atoms with Crippen LogP contribution in [0.1, 0.15) is 290 Å². The standard InChI is InChI=1S/C57H104O6/c1-4-7-10-13-16-19-22-25-28-30-32-35-38-41-44-47-50-56(59)62-53-54(52-61-55(58)49-46-43-40-37-34-31-27-24-21-18-15-12-9-6-3)63-57(60)51-48-45-42-39-36-33-29-26-23-20-17-14-11-8-5-2/h15,18,24,27-28,30,54H,4-14,16-17,19-23,25-26,29,31-53H2,1-3H3/b18-15-,27-24-,30-28-/t54-/m1/s1. The molecule has 0 unspecified atom stereocenters. The summed E-state index contributed by atoms with van der Waals surface area (Å²) in [5.41, 5.74) is 0. The van der Waals surface area contributed by atoms with Crippen LogP contribution in [0, 0.1) is 0 Å². The minimum Gasteiger partial charge on any atom is -0.462 e. The molecule has 0 aromatic rings. The van der Waals surface area contributed by atoms with Crippen LogP contribution in [-0.2, 0) is 28.6 Å². The van der Waals surface area contributed by atoms with E-state index in [1.54, 1.807) is 0 Å². The molecule has 1 atom stereocenters. The molecule has 6 heteroatoms. The van der Waals surface area contributed by atoms with Crippen molar-refractivity contribution in [3.63, 3.8) is 0 Å². The quantitative estimate of drug-likeness (QED) is 0.0262. The van der Waals surface area contributed by atoms with Crippen molar-refractivity contribution in [2.75, 3.05) is 13.2 Å².